The molecule has 0 aromatic heterocycles. The Bertz CT molecular complexity index is 174. The number of allylic oxidation sites excluding steroid dienone is 1. The van der Waals surface area contributed by atoms with Crippen LogP contribution in [0, 0.1) is 11.3 Å². The van der Waals surface area contributed by atoms with Crippen LogP contribution in [0.4, 0.5) is 0 Å². The highest BCUT2D eigenvalue weighted by Crippen LogP contribution is 2.46. The first-order valence-electron chi connectivity index (χ1n) is 4.95. The first kappa shape index (κ1) is 9.79. The molecule has 0 aromatic carbocycles. The molecule has 0 aromatic rings. The summed E-state index contributed by atoms with van der Waals surface area (Å²) in [5, 5.41) is 0. The molecule has 2 atom stereocenters. The van der Waals surface area contributed by atoms with Crippen molar-refractivity contribution in [2.45, 2.75) is 39.5 Å². The van der Waals surface area contributed by atoms with Gasteiger partial charge in [-0.05, 0) is 37.6 Å². The molecule has 0 spiro atoms. The second-order valence-corrected chi connectivity index (χ2v) is 4.49. The van der Waals surface area contributed by atoms with E-state index in [9.17, 15) is 0 Å². The van der Waals surface area contributed by atoms with Crippen LogP contribution < -0.4 is 5.73 Å². The van der Waals surface area contributed by atoms with Gasteiger partial charge in [-0.1, -0.05) is 25.3 Å². The van der Waals surface area contributed by atoms with Crippen molar-refractivity contribution in [3.05, 3.63) is 12.2 Å². The van der Waals surface area contributed by atoms with Gasteiger partial charge in [0.1, 0.15) is 0 Å². The average molecular weight is 167 g/mol. The number of nitrogens with two attached hydrogens (primary N) is 1. The lowest BCUT2D eigenvalue weighted by Gasteiger charge is -2.32. The van der Waals surface area contributed by atoms with E-state index >= 15 is 0 Å². The third-order valence-electron chi connectivity index (χ3n) is 3.42. The van der Waals surface area contributed by atoms with Crippen LogP contribution in [0.1, 0.15) is 39.5 Å². The minimum Gasteiger partial charge on any atom is -0.330 e. The Hall–Kier alpha value is -0.300. The van der Waals surface area contributed by atoms with Crippen molar-refractivity contribution in [1.29, 1.82) is 0 Å². The lowest BCUT2D eigenvalue weighted by Crippen LogP contribution is -2.33. The van der Waals surface area contributed by atoms with Crippen LogP contribution in [0.2, 0.25) is 0 Å². The summed E-state index contributed by atoms with van der Waals surface area (Å²) in [5.74, 6) is 0.791. The van der Waals surface area contributed by atoms with Gasteiger partial charge < -0.3 is 5.73 Å². The van der Waals surface area contributed by atoms with E-state index in [4.69, 9.17) is 5.73 Å². The Balaban J connectivity index is 2.67. The van der Waals surface area contributed by atoms with E-state index in [1.807, 2.05) is 0 Å². The molecule has 1 heteroatoms. The van der Waals surface area contributed by atoms with Gasteiger partial charge >= 0.3 is 0 Å². The molecule has 0 aliphatic heterocycles. The molecule has 1 nitrogen and oxygen atoms in total. The quantitative estimate of drug-likeness (QED) is 0.643. The molecule has 12 heavy (non-hydrogen) atoms. The van der Waals surface area contributed by atoms with Gasteiger partial charge in [-0.2, -0.15) is 0 Å². The zero-order chi connectivity index (χ0) is 9.19. The highest BCUT2D eigenvalue weighted by atomic mass is 14.6. The van der Waals surface area contributed by atoms with E-state index in [-0.39, 0.29) is 0 Å². The van der Waals surface area contributed by atoms with Gasteiger partial charge in [0, 0.05) is 0 Å². The Kier molecular flexibility index (Phi) is 2.94. The zero-order valence-corrected chi connectivity index (χ0v) is 8.40. The third-order valence-corrected chi connectivity index (χ3v) is 3.42. The van der Waals surface area contributed by atoms with Crippen molar-refractivity contribution in [2.75, 3.05) is 6.54 Å². The van der Waals surface area contributed by atoms with Crippen LogP contribution in [0.3, 0.4) is 0 Å². The van der Waals surface area contributed by atoms with Gasteiger partial charge in [0.25, 0.3) is 0 Å². The maximum Gasteiger partial charge on any atom is -0.00149 e. The Morgan fingerprint density at radius 2 is 2.33 bits per heavy atom. The number of rotatable bonds is 3. The molecule has 1 saturated carbocycles. The lowest BCUT2D eigenvalue weighted by molar-refractivity contribution is 0.223. The van der Waals surface area contributed by atoms with Crippen molar-refractivity contribution in [1.82, 2.24) is 0 Å². The van der Waals surface area contributed by atoms with Crippen molar-refractivity contribution in [3.8, 4) is 0 Å². The molecule has 1 aliphatic rings. The summed E-state index contributed by atoms with van der Waals surface area (Å²) in [4.78, 5) is 0. The summed E-state index contributed by atoms with van der Waals surface area (Å²) >= 11 is 0. The largest absolute Gasteiger partial charge is 0.330 e. The van der Waals surface area contributed by atoms with Crippen molar-refractivity contribution in [3.63, 3.8) is 0 Å². The van der Waals surface area contributed by atoms with Crippen LogP contribution in [-0.2, 0) is 0 Å². The van der Waals surface area contributed by atoms with E-state index in [1.54, 1.807) is 0 Å². The number of hydrogen-bond acceptors (Lipinski definition) is 1. The second kappa shape index (κ2) is 3.61. The summed E-state index contributed by atoms with van der Waals surface area (Å²) in [6.07, 6.45) is 5.14. The summed E-state index contributed by atoms with van der Waals surface area (Å²) in [5.41, 5.74) is 7.55. The predicted octanol–water partition coefficient (Wildman–Crippen LogP) is 2.72. The van der Waals surface area contributed by atoms with E-state index in [1.165, 1.54) is 24.8 Å². The summed E-state index contributed by atoms with van der Waals surface area (Å²) in [6.45, 7) is 9.27. The van der Waals surface area contributed by atoms with E-state index in [0.29, 0.717) is 5.41 Å². The van der Waals surface area contributed by atoms with Crippen LogP contribution >= 0.6 is 0 Å². The van der Waals surface area contributed by atoms with Crippen molar-refractivity contribution < 1.29 is 0 Å². The Morgan fingerprint density at radius 1 is 1.67 bits per heavy atom. The highest BCUT2D eigenvalue weighted by molar-refractivity contribution is 5.01. The van der Waals surface area contributed by atoms with Gasteiger partial charge in [0.15, 0.2) is 0 Å². The lowest BCUT2D eigenvalue weighted by atomic mass is 9.74. The first-order chi connectivity index (χ1) is 5.60. The first-order valence-corrected chi connectivity index (χ1v) is 4.95. The van der Waals surface area contributed by atoms with Gasteiger partial charge in [-0.25, -0.2) is 0 Å². The average Bonchev–Trinajstić information content (AvgIpc) is 2.32. The molecule has 0 heterocycles. The van der Waals surface area contributed by atoms with Gasteiger partial charge in [0.2, 0.25) is 0 Å². The molecular weight excluding hydrogens is 146 g/mol. The molecule has 0 saturated heterocycles. The minimum absolute atomic E-state index is 0.395. The molecule has 1 fully saturated rings. The van der Waals surface area contributed by atoms with E-state index in [2.05, 4.69) is 20.4 Å². The van der Waals surface area contributed by atoms with Crippen molar-refractivity contribution in [2.24, 2.45) is 17.1 Å². The van der Waals surface area contributed by atoms with Crippen molar-refractivity contribution >= 4 is 0 Å². The van der Waals surface area contributed by atoms with E-state index < -0.39 is 0 Å². The molecule has 1 aliphatic carbocycles. The fourth-order valence-electron chi connectivity index (χ4n) is 2.55. The van der Waals surface area contributed by atoms with Gasteiger partial charge in [0.05, 0.1) is 0 Å². The molecule has 0 radical (unpaired) electrons. The van der Waals surface area contributed by atoms with Crippen LogP contribution in [0.25, 0.3) is 0 Å². The molecule has 2 unspecified atom stereocenters. The third kappa shape index (κ3) is 1.71. The van der Waals surface area contributed by atoms with Crippen LogP contribution in [-0.4, -0.2) is 6.54 Å². The predicted molar refractivity (Wildman–Crippen MR) is 53.9 cm³/mol. The Morgan fingerprint density at radius 3 is 2.67 bits per heavy atom. The summed E-state index contributed by atoms with van der Waals surface area (Å²) < 4.78 is 0. The van der Waals surface area contributed by atoms with Gasteiger partial charge in [-0.15, -0.1) is 6.58 Å². The fourth-order valence-corrected chi connectivity index (χ4v) is 2.55. The SMILES string of the molecule is C=C(C)CC1(CN)CCCC1C. The van der Waals surface area contributed by atoms with E-state index in [0.717, 1.165) is 18.9 Å². The highest BCUT2D eigenvalue weighted by Gasteiger charge is 2.38. The molecule has 70 valence electrons. The smallest absolute Gasteiger partial charge is 0.00149 e. The fraction of sp³-hybridized carbons (Fsp3) is 0.818. The number of hydrogen-bond donors (Lipinski definition) is 1. The minimum atomic E-state index is 0.395. The molecular formula is C11H21N. The van der Waals surface area contributed by atoms with Gasteiger partial charge in [-0.3, -0.25) is 0 Å². The molecule has 0 bridgehead atoms. The maximum absolute atomic E-state index is 5.87. The Labute approximate surface area is 76.0 Å². The maximum atomic E-state index is 5.87. The monoisotopic (exact) mass is 167 g/mol. The standard InChI is InChI=1S/C11H21N/c1-9(2)7-11(8-12)6-4-5-10(11)3/h10H,1,4-8,12H2,2-3H3. The molecule has 1 rings (SSSR count). The van der Waals surface area contributed by atoms with Crippen LogP contribution in [0.15, 0.2) is 12.2 Å². The normalized spacial score (nSPS) is 35.4. The van der Waals surface area contributed by atoms with Crippen LogP contribution in [0.5, 0.6) is 0 Å². The summed E-state index contributed by atoms with van der Waals surface area (Å²) in [7, 11) is 0. The molecule has 2 N–H and O–H groups in total. The topological polar surface area (TPSA) is 26.0 Å². The summed E-state index contributed by atoms with van der Waals surface area (Å²) in [6, 6.07) is 0. The zero-order valence-electron chi connectivity index (χ0n) is 8.40. The second-order valence-electron chi connectivity index (χ2n) is 4.49. The molecule has 0 amide bonds.